The van der Waals surface area contributed by atoms with Gasteiger partial charge >= 0.3 is 6.09 Å². The number of para-hydroxylation sites is 1. The third-order valence-corrected chi connectivity index (χ3v) is 5.95. The minimum absolute atomic E-state index is 0.0124. The molecule has 2 saturated heterocycles. The SMILES string of the molecule is O=C(c1cc(N2CCOC2=O)ccc1F)N1CCC(F)(F)C(Oc2ccc3ccccc3n2)C1. The van der Waals surface area contributed by atoms with Crippen LogP contribution in [0.25, 0.3) is 10.9 Å². The fourth-order valence-electron chi connectivity index (χ4n) is 4.08. The molecule has 0 saturated carbocycles. The number of fused-ring (bicyclic) bond motifs is 1. The maximum atomic E-state index is 14.7. The Morgan fingerprint density at radius 2 is 1.94 bits per heavy atom. The molecule has 2 amide bonds. The van der Waals surface area contributed by atoms with Crippen molar-refractivity contribution < 1.29 is 32.2 Å². The van der Waals surface area contributed by atoms with E-state index in [0.717, 1.165) is 16.4 Å². The quantitative estimate of drug-likeness (QED) is 0.569. The van der Waals surface area contributed by atoms with Crippen LogP contribution in [0.1, 0.15) is 16.8 Å². The van der Waals surface area contributed by atoms with Gasteiger partial charge < -0.3 is 14.4 Å². The predicted octanol–water partition coefficient (Wildman–Crippen LogP) is 4.26. The predicted molar refractivity (Wildman–Crippen MR) is 117 cm³/mol. The van der Waals surface area contributed by atoms with Crippen molar-refractivity contribution in [2.24, 2.45) is 0 Å². The number of alkyl halides is 2. The summed E-state index contributed by atoms with van der Waals surface area (Å²) in [5, 5.41) is 0.833. The van der Waals surface area contributed by atoms with Crippen LogP contribution in [-0.4, -0.2) is 60.2 Å². The number of benzene rings is 2. The van der Waals surface area contributed by atoms with E-state index in [0.29, 0.717) is 11.2 Å². The summed E-state index contributed by atoms with van der Waals surface area (Å²) >= 11 is 0. The molecule has 1 atom stereocenters. The zero-order valence-corrected chi connectivity index (χ0v) is 17.9. The number of hydrogen-bond acceptors (Lipinski definition) is 5. The van der Waals surface area contributed by atoms with E-state index in [1.165, 1.54) is 23.1 Å². The zero-order chi connectivity index (χ0) is 23.9. The molecule has 1 aromatic heterocycles. The van der Waals surface area contributed by atoms with Crippen LogP contribution in [0.3, 0.4) is 0 Å². The molecule has 176 valence electrons. The van der Waals surface area contributed by atoms with Crippen LogP contribution in [0.2, 0.25) is 0 Å². The highest BCUT2D eigenvalue weighted by Crippen LogP contribution is 2.33. The Kier molecular flexibility index (Phi) is 5.51. The van der Waals surface area contributed by atoms with Gasteiger partial charge in [-0.05, 0) is 30.3 Å². The number of likely N-dealkylation sites (tertiary alicyclic amines) is 1. The molecule has 0 N–H and O–H groups in total. The lowest BCUT2D eigenvalue weighted by Crippen LogP contribution is -2.55. The minimum Gasteiger partial charge on any atom is -0.466 e. The first-order valence-corrected chi connectivity index (χ1v) is 10.8. The molecule has 3 aromatic rings. The molecule has 10 heteroatoms. The molecule has 2 fully saturated rings. The summed E-state index contributed by atoms with van der Waals surface area (Å²) in [6.45, 7) is -0.271. The highest BCUT2D eigenvalue weighted by Gasteiger charge is 2.47. The average molecular weight is 471 g/mol. The Morgan fingerprint density at radius 1 is 1.12 bits per heavy atom. The number of carbonyl (C=O) groups is 2. The lowest BCUT2D eigenvalue weighted by atomic mass is 10.0. The number of pyridine rings is 1. The number of amides is 2. The zero-order valence-electron chi connectivity index (χ0n) is 17.9. The van der Waals surface area contributed by atoms with E-state index in [2.05, 4.69) is 4.98 Å². The number of carbonyl (C=O) groups excluding carboxylic acids is 2. The van der Waals surface area contributed by atoms with Crippen molar-refractivity contribution in [3.63, 3.8) is 0 Å². The molecule has 3 heterocycles. The van der Waals surface area contributed by atoms with Crippen molar-refractivity contribution >= 4 is 28.6 Å². The van der Waals surface area contributed by atoms with Gasteiger partial charge in [0.2, 0.25) is 5.88 Å². The first-order valence-electron chi connectivity index (χ1n) is 10.8. The van der Waals surface area contributed by atoms with Crippen LogP contribution in [0.5, 0.6) is 5.88 Å². The van der Waals surface area contributed by atoms with Gasteiger partial charge in [0.15, 0.2) is 6.10 Å². The summed E-state index contributed by atoms with van der Waals surface area (Å²) in [6, 6.07) is 14.1. The van der Waals surface area contributed by atoms with Crippen LogP contribution in [-0.2, 0) is 4.74 Å². The topological polar surface area (TPSA) is 72.0 Å². The molecule has 2 aromatic carbocycles. The number of hydrogen-bond donors (Lipinski definition) is 0. The van der Waals surface area contributed by atoms with Gasteiger partial charge in [-0.3, -0.25) is 9.69 Å². The van der Waals surface area contributed by atoms with E-state index in [1.54, 1.807) is 18.2 Å². The van der Waals surface area contributed by atoms with Gasteiger partial charge in [0.1, 0.15) is 12.4 Å². The molecule has 5 rings (SSSR count). The fraction of sp³-hybridized carbons (Fsp3) is 0.292. The minimum atomic E-state index is -3.20. The average Bonchev–Trinajstić information content (AvgIpc) is 3.26. The van der Waals surface area contributed by atoms with Crippen molar-refractivity contribution in [1.82, 2.24) is 9.88 Å². The van der Waals surface area contributed by atoms with Gasteiger partial charge in [0.25, 0.3) is 11.8 Å². The maximum Gasteiger partial charge on any atom is 0.414 e. The van der Waals surface area contributed by atoms with Crippen LogP contribution >= 0.6 is 0 Å². The summed E-state index contributed by atoms with van der Waals surface area (Å²) < 4.78 is 54.3. The maximum absolute atomic E-state index is 14.7. The Bertz CT molecular complexity index is 1270. The summed E-state index contributed by atoms with van der Waals surface area (Å²) in [7, 11) is 0. The summed E-state index contributed by atoms with van der Waals surface area (Å²) in [6.07, 6.45) is -2.89. The normalized spacial score (nSPS) is 19.9. The number of piperidine rings is 1. The summed E-state index contributed by atoms with van der Waals surface area (Å²) in [4.78, 5) is 31.6. The van der Waals surface area contributed by atoms with Crippen molar-refractivity contribution in [3.05, 3.63) is 66.0 Å². The Labute approximate surface area is 192 Å². The number of nitrogens with zero attached hydrogens (tertiary/aromatic N) is 3. The monoisotopic (exact) mass is 471 g/mol. The van der Waals surface area contributed by atoms with Crippen LogP contribution in [0.15, 0.2) is 54.6 Å². The molecule has 7 nitrogen and oxygen atoms in total. The van der Waals surface area contributed by atoms with Crippen molar-refractivity contribution in [3.8, 4) is 5.88 Å². The number of anilines is 1. The fourth-order valence-corrected chi connectivity index (χ4v) is 4.08. The summed E-state index contributed by atoms with van der Waals surface area (Å²) in [5.41, 5.74) is 0.569. The lowest BCUT2D eigenvalue weighted by molar-refractivity contribution is -0.131. The van der Waals surface area contributed by atoms with Gasteiger partial charge in [-0.25, -0.2) is 22.9 Å². The second kappa shape index (κ2) is 8.51. The van der Waals surface area contributed by atoms with Crippen molar-refractivity contribution in [2.45, 2.75) is 18.4 Å². The van der Waals surface area contributed by atoms with E-state index in [9.17, 15) is 22.8 Å². The highest BCUT2D eigenvalue weighted by atomic mass is 19.3. The number of cyclic esters (lactones) is 1. The largest absolute Gasteiger partial charge is 0.466 e. The molecule has 0 aliphatic carbocycles. The van der Waals surface area contributed by atoms with Crippen LogP contribution in [0.4, 0.5) is 23.7 Å². The van der Waals surface area contributed by atoms with Gasteiger partial charge in [0, 0.05) is 30.1 Å². The molecule has 0 radical (unpaired) electrons. The number of ether oxygens (including phenoxy) is 2. The Balaban J connectivity index is 1.37. The third-order valence-electron chi connectivity index (χ3n) is 5.95. The standard InChI is InChI=1S/C24H20F3N3O4/c25-18-7-6-16(30-11-12-33-23(30)32)13-17(18)22(31)29-10-9-24(26,27)20(14-29)34-21-8-5-15-3-1-2-4-19(15)28-21/h1-8,13,20H,9-12,14H2. The van der Waals surface area contributed by atoms with E-state index in [4.69, 9.17) is 9.47 Å². The number of rotatable bonds is 4. The van der Waals surface area contributed by atoms with Crippen molar-refractivity contribution in [2.75, 3.05) is 31.1 Å². The van der Waals surface area contributed by atoms with E-state index in [1.807, 2.05) is 12.1 Å². The van der Waals surface area contributed by atoms with Crippen LogP contribution in [0, 0.1) is 5.82 Å². The molecule has 2 aliphatic heterocycles. The van der Waals surface area contributed by atoms with Gasteiger partial charge in [-0.1, -0.05) is 18.2 Å². The lowest BCUT2D eigenvalue weighted by Gasteiger charge is -2.38. The highest BCUT2D eigenvalue weighted by molar-refractivity contribution is 5.97. The van der Waals surface area contributed by atoms with Gasteiger partial charge in [-0.15, -0.1) is 0 Å². The second-order valence-corrected chi connectivity index (χ2v) is 8.14. The van der Waals surface area contributed by atoms with Gasteiger partial charge in [-0.2, -0.15) is 0 Å². The molecule has 0 bridgehead atoms. The Hall–Kier alpha value is -3.82. The summed E-state index contributed by atoms with van der Waals surface area (Å²) in [5.74, 6) is -4.77. The van der Waals surface area contributed by atoms with Crippen LogP contribution < -0.4 is 9.64 Å². The van der Waals surface area contributed by atoms with Crippen molar-refractivity contribution in [1.29, 1.82) is 0 Å². The Morgan fingerprint density at radius 3 is 2.74 bits per heavy atom. The first kappa shape index (κ1) is 22.0. The molecular formula is C24H20F3N3O4. The van der Waals surface area contributed by atoms with E-state index in [-0.39, 0.29) is 31.1 Å². The molecular weight excluding hydrogens is 451 g/mol. The molecule has 1 unspecified atom stereocenters. The third kappa shape index (κ3) is 4.11. The van der Waals surface area contributed by atoms with E-state index < -0.39 is 42.8 Å². The smallest absolute Gasteiger partial charge is 0.414 e. The number of halogens is 3. The first-order chi connectivity index (χ1) is 16.3. The molecule has 34 heavy (non-hydrogen) atoms. The number of aromatic nitrogens is 1. The second-order valence-electron chi connectivity index (χ2n) is 8.14. The molecule has 2 aliphatic rings. The van der Waals surface area contributed by atoms with Gasteiger partial charge in [0.05, 0.1) is 24.2 Å². The molecule has 0 spiro atoms. The van der Waals surface area contributed by atoms with E-state index >= 15 is 0 Å².